The Morgan fingerprint density at radius 3 is 2.50 bits per heavy atom. The summed E-state index contributed by atoms with van der Waals surface area (Å²) in [6.45, 7) is 1.87. The van der Waals surface area contributed by atoms with Crippen LogP contribution in [0.4, 0.5) is 0 Å². The summed E-state index contributed by atoms with van der Waals surface area (Å²) in [7, 11) is 6.90. The van der Waals surface area contributed by atoms with Gasteiger partial charge in [0.05, 0.1) is 7.85 Å². The van der Waals surface area contributed by atoms with Crippen molar-refractivity contribution in [3.63, 3.8) is 0 Å². The average Bonchev–Trinajstić information content (AvgIpc) is 1.84. The van der Waals surface area contributed by atoms with Gasteiger partial charge in [0, 0.05) is 7.05 Å². The number of amides is 1. The molecule has 2 radical (unpaired) electrons. The summed E-state index contributed by atoms with van der Waals surface area (Å²) in [5.41, 5.74) is 0. The molecule has 1 N–H and O–H groups in total. The Labute approximate surface area is 51.1 Å². The van der Waals surface area contributed by atoms with Gasteiger partial charge in [-0.1, -0.05) is 13.3 Å². The second-order valence-electron chi connectivity index (χ2n) is 1.63. The molecule has 1 amide bonds. The minimum atomic E-state index is -0.333. The van der Waals surface area contributed by atoms with E-state index in [0.717, 1.165) is 0 Å². The summed E-state index contributed by atoms with van der Waals surface area (Å²) in [5, 5.41) is 2.45. The SMILES string of the molecule is [B]C(CC)C(=O)NC. The van der Waals surface area contributed by atoms with E-state index in [-0.39, 0.29) is 11.7 Å². The fourth-order valence-corrected chi connectivity index (χ4v) is 0.371. The van der Waals surface area contributed by atoms with Crippen LogP contribution in [0, 0.1) is 0 Å². The minimum absolute atomic E-state index is 0.0903. The van der Waals surface area contributed by atoms with Crippen LogP contribution in [0.5, 0.6) is 0 Å². The van der Waals surface area contributed by atoms with Gasteiger partial charge >= 0.3 is 0 Å². The summed E-state index contributed by atoms with van der Waals surface area (Å²) < 4.78 is 0. The van der Waals surface area contributed by atoms with Crippen molar-refractivity contribution in [2.45, 2.75) is 19.2 Å². The monoisotopic (exact) mass is 111 g/mol. The summed E-state index contributed by atoms with van der Waals surface area (Å²) in [6.07, 6.45) is 0.694. The van der Waals surface area contributed by atoms with E-state index >= 15 is 0 Å². The fourth-order valence-electron chi connectivity index (χ4n) is 0.371. The van der Waals surface area contributed by atoms with Crippen molar-refractivity contribution < 1.29 is 4.79 Å². The van der Waals surface area contributed by atoms with E-state index in [1.807, 2.05) is 6.92 Å². The summed E-state index contributed by atoms with van der Waals surface area (Å²) in [6, 6.07) is 0. The molecule has 0 saturated heterocycles. The Hall–Kier alpha value is -0.465. The van der Waals surface area contributed by atoms with Crippen molar-refractivity contribution in [3.05, 3.63) is 0 Å². The maximum absolute atomic E-state index is 10.5. The van der Waals surface area contributed by atoms with Crippen LogP contribution in [-0.4, -0.2) is 20.8 Å². The van der Waals surface area contributed by atoms with Gasteiger partial charge in [-0.15, -0.1) is 0 Å². The Bertz CT molecular complexity index is 84.5. The molecular weight excluding hydrogens is 101 g/mol. The molecule has 0 aliphatic carbocycles. The quantitative estimate of drug-likeness (QED) is 0.503. The molecule has 0 aliphatic rings. The van der Waals surface area contributed by atoms with E-state index in [4.69, 9.17) is 7.85 Å². The van der Waals surface area contributed by atoms with Crippen molar-refractivity contribution in [2.24, 2.45) is 0 Å². The highest BCUT2D eigenvalue weighted by molar-refractivity contribution is 6.23. The predicted molar refractivity (Wildman–Crippen MR) is 33.9 cm³/mol. The molecule has 0 bridgehead atoms. The lowest BCUT2D eigenvalue weighted by atomic mass is 9.84. The summed E-state index contributed by atoms with van der Waals surface area (Å²) in [4.78, 5) is 10.5. The molecule has 1 atom stereocenters. The Balaban J connectivity index is 3.46. The van der Waals surface area contributed by atoms with Crippen molar-refractivity contribution in [3.8, 4) is 0 Å². The van der Waals surface area contributed by atoms with Gasteiger partial charge in [-0.2, -0.15) is 0 Å². The van der Waals surface area contributed by atoms with Gasteiger partial charge in [-0.3, -0.25) is 4.79 Å². The largest absolute Gasteiger partial charge is 0.360 e. The molecule has 0 aromatic rings. The van der Waals surface area contributed by atoms with Crippen molar-refractivity contribution in [1.82, 2.24) is 5.32 Å². The third-order valence-electron chi connectivity index (χ3n) is 1.02. The Morgan fingerprint density at radius 1 is 1.88 bits per heavy atom. The maximum Gasteiger partial charge on any atom is 0.214 e. The van der Waals surface area contributed by atoms with Crippen molar-refractivity contribution in [2.75, 3.05) is 7.05 Å². The standard InChI is InChI=1S/C5H10BNO/c1-3-4(6)5(8)7-2/h4H,3H2,1-2H3,(H,7,8). The van der Waals surface area contributed by atoms with Crippen LogP contribution in [-0.2, 0) is 4.79 Å². The number of rotatable bonds is 2. The third kappa shape index (κ3) is 2.00. The molecule has 1 unspecified atom stereocenters. The zero-order valence-electron chi connectivity index (χ0n) is 5.27. The maximum atomic E-state index is 10.5. The molecule has 2 nitrogen and oxygen atoms in total. The lowest BCUT2D eigenvalue weighted by Gasteiger charge is -2.04. The predicted octanol–water partition coefficient (Wildman–Crippen LogP) is 0.0994. The lowest BCUT2D eigenvalue weighted by molar-refractivity contribution is -0.120. The molecule has 0 heterocycles. The second-order valence-corrected chi connectivity index (χ2v) is 1.63. The van der Waals surface area contributed by atoms with E-state index in [9.17, 15) is 4.79 Å². The number of nitrogens with one attached hydrogen (secondary N) is 1. The highest BCUT2D eigenvalue weighted by Crippen LogP contribution is 2.01. The first-order chi connectivity index (χ1) is 3.72. The molecule has 44 valence electrons. The first-order valence-corrected chi connectivity index (χ1v) is 2.69. The number of carbonyl (C=O) groups excluding carboxylic acids is 1. The van der Waals surface area contributed by atoms with Crippen LogP contribution < -0.4 is 5.32 Å². The highest BCUT2D eigenvalue weighted by Gasteiger charge is 2.05. The van der Waals surface area contributed by atoms with Crippen LogP contribution in [0.25, 0.3) is 0 Å². The van der Waals surface area contributed by atoms with Crippen LogP contribution >= 0.6 is 0 Å². The van der Waals surface area contributed by atoms with Gasteiger partial charge in [0.15, 0.2) is 0 Å². The second kappa shape index (κ2) is 3.53. The number of carbonyl (C=O) groups is 1. The first-order valence-electron chi connectivity index (χ1n) is 2.69. The Morgan fingerprint density at radius 2 is 2.38 bits per heavy atom. The van der Waals surface area contributed by atoms with Gasteiger partial charge in [0.1, 0.15) is 0 Å². The van der Waals surface area contributed by atoms with Gasteiger partial charge in [-0.05, 0) is 5.82 Å². The third-order valence-corrected chi connectivity index (χ3v) is 1.02. The van der Waals surface area contributed by atoms with Crippen LogP contribution in [0.15, 0.2) is 0 Å². The normalized spacial score (nSPS) is 12.8. The molecule has 0 spiro atoms. The highest BCUT2D eigenvalue weighted by atomic mass is 16.1. The molecule has 8 heavy (non-hydrogen) atoms. The fraction of sp³-hybridized carbons (Fsp3) is 0.800. The molecule has 0 aliphatic heterocycles. The molecular formula is C5H10BNO. The average molecular weight is 111 g/mol. The van der Waals surface area contributed by atoms with E-state index < -0.39 is 0 Å². The number of hydrogen-bond donors (Lipinski definition) is 1. The van der Waals surface area contributed by atoms with Crippen molar-refractivity contribution >= 4 is 13.8 Å². The summed E-state index contributed by atoms with van der Waals surface area (Å²) in [5.74, 6) is -0.424. The van der Waals surface area contributed by atoms with Crippen LogP contribution in [0.3, 0.4) is 0 Å². The molecule has 0 rings (SSSR count). The van der Waals surface area contributed by atoms with E-state index in [1.54, 1.807) is 7.05 Å². The zero-order valence-corrected chi connectivity index (χ0v) is 5.27. The number of hydrogen-bond acceptors (Lipinski definition) is 1. The van der Waals surface area contributed by atoms with Crippen LogP contribution in [0.1, 0.15) is 13.3 Å². The molecule has 0 aromatic heterocycles. The van der Waals surface area contributed by atoms with E-state index in [0.29, 0.717) is 6.42 Å². The first kappa shape index (κ1) is 7.53. The van der Waals surface area contributed by atoms with Crippen LogP contribution in [0.2, 0.25) is 5.82 Å². The molecule has 0 fully saturated rings. The topological polar surface area (TPSA) is 29.1 Å². The van der Waals surface area contributed by atoms with E-state index in [1.165, 1.54) is 0 Å². The smallest absolute Gasteiger partial charge is 0.214 e. The van der Waals surface area contributed by atoms with E-state index in [2.05, 4.69) is 5.32 Å². The van der Waals surface area contributed by atoms with Crippen molar-refractivity contribution in [1.29, 1.82) is 0 Å². The van der Waals surface area contributed by atoms with Gasteiger partial charge < -0.3 is 5.32 Å². The lowest BCUT2D eigenvalue weighted by Crippen LogP contribution is -2.22. The van der Waals surface area contributed by atoms with Gasteiger partial charge in [-0.25, -0.2) is 0 Å². The van der Waals surface area contributed by atoms with Gasteiger partial charge in [0.25, 0.3) is 0 Å². The molecule has 0 aromatic carbocycles. The summed E-state index contributed by atoms with van der Waals surface area (Å²) >= 11 is 0. The molecule has 0 saturated carbocycles. The minimum Gasteiger partial charge on any atom is -0.360 e. The molecule has 3 heteroatoms. The van der Waals surface area contributed by atoms with Gasteiger partial charge in [0.2, 0.25) is 5.91 Å². The zero-order chi connectivity index (χ0) is 6.57. The Kier molecular flexibility index (Phi) is 3.32.